The number of hydrogen-bond acceptors (Lipinski definition) is 7. The number of anilines is 1. The predicted molar refractivity (Wildman–Crippen MR) is 127 cm³/mol. The molecule has 4 aromatic rings. The van der Waals surface area contributed by atoms with E-state index in [2.05, 4.69) is 15.3 Å². The lowest BCUT2D eigenvalue weighted by Crippen LogP contribution is -2.37. The summed E-state index contributed by atoms with van der Waals surface area (Å²) in [5.41, 5.74) is 3.12. The number of furan rings is 1. The molecule has 1 amide bonds. The van der Waals surface area contributed by atoms with Crippen LogP contribution in [0.1, 0.15) is 30.3 Å². The van der Waals surface area contributed by atoms with E-state index < -0.39 is 0 Å². The number of aromatic nitrogens is 4. The van der Waals surface area contributed by atoms with E-state index in [-0.39, 0.29) is 17.7 Å². The van der Waals surface area contributed by atoms with Crippen molar-refractivity contribution < 1.29 is 13.9 Å². The molecule has 0 radical (unpaired) electrons. The van der Waals surface area contributed by atoms with E-state index in [1.807, 2.05) is 43.5 Å². The van der Waals surface area contributed by atoms with E-state index in [1.54, 1.807) is 16.9 Å². The van der Waals surface area contributed by atoms with Crippen LogP contribution in [-0.4, -0.2) is 58.0 Å². The SMILES string of the molecule is C[C@H](NC(=O)c1cc2nc(-n3cc(-c4ccccc4)cn3)nc(N3CCOCC3)c2o1)C1CC1. The Morgan fingerprint density at radius 1 is 1.12 bits per heavy atom. The minimum Gasteiger partial charge on any atom is -0.445 e. The Bertz CT molecular complexity index is 1320. The molecule has 4 heterocycles. The van der Waals surface area contributed by atoms with Crippen LogP contribution >= 0.6 is 0 Å². The summed E-state index contributed by atoms with van der Waals surface area (Å²) < 4.78 is 13.2. The van der Waals surface area contributed by atoms with Crippen LogP contribution in [0.2, 0.25) is 0 Å². The van der Waals surface area contributed by atoms with Gasteiger partial charge in [-0.25, -0.2) is 9.67 Å². The van der Waals surface area contributed by atoms with Crippen molar-refractivity contribution in [2.24, 2.45) is 5.92 Å². The summed E-state index contributed by atoms with van der Waals surface area (Å²) in [5, 5.41) is 7.56. The van der Waals surface area contributed by atoms with Crippen molar-refractivity contribution in [1.29, 1.82) is 0 Å². The first-order valence-corrected chi connectivity index (χ1v) is 11.7. The summed E-state index contributed by atoms with van der Waals surface area (Å²) in [7, 11) is 0. The highest BCUT2D eigenvalue weighted by Gasteiger charge is 2.30. The number of morpholine rings is 1. The van der Waals surface area contributed by atoms with Crippen molar-refractivity contribution in [3.05, 3.63) is 54.6 Å². The number of ether oxygens (including phenoxy) is 1. The number of carbonyl (C=O) groups excluding carboxylic acids is 1. The molecule has 9 nitrogen and oxygen atoms in total. The van der Waals surface area contributed by atoms with E-state index in [1.165, 1.54) is 0 Å². The van der Waals surface area contributed by atoms with Gasteiger partial charge in [0.25, 0.3) is 11.9 Å². The molecule has 2 fully saturated rings. The minimum atomic E-state index is -0.225. The quantitative estimate of drug-likeness (QED) is 0.473. The topological polar surface area (TPSA) is 98.3 Å². The second-order valence-corrected chi connectivity index (χ2v) is 8.91. The average molecular weight is 459 g/mol. The molecule has 0 bridgehead atoms. The zero-order valence-electron chi connectivity index (χ0n) is 19.0. The van der Waals surface area contributed by atoms with E-state index in [0.29, 0.717) is 55.1 Å². The van der Waals surface area contributed by atoms with Crippen LogP contribution < -0.4 is 10.2 Å². The lowest BCUT2D eigenvalue weighted by atomic mass is 10.1. The molecule has 0 spiro atoms. The second kappa shape index (κ2) is 8.57. The van der Waals surface area contributed by atoms with E-state index in [9.17, 15) is 4.79 Å². The lowest BCUT2D eigenvalue weighted by molar-refractivity contribution is 0.0910. The molecule has 0 unspecified atom stereocenters. The van der Waals surface area contributed by atoms with Gasteiger partial charge in [-0.1, -0.05) is 30.3 Å². The first-order chi connectivity index (χ1) is 16.7. The van der Waals surface area contributed by atoms with Crippen LogP contribution in [0.15, 0.2) is 53.2 Å². The third kappa shape index (κ3) is 4.03. The van der Waals surface area contributed by atoms with Crippen molar-refractivity contribution in [2.45, 2.75) is 25.8 Å². The Kier molecular flexibility index (Phi) is 5.26. The summed E-state index contributed by atoms with van der Waals surface area (Å²) in [6, 6.07) is 11.9. The monoisotopic (exact) mass is 458 g/mol. The number of carbonyl (C=O) groups is 1. The Balaban J connectivity index is 1.39. The standard InChI is InChI=1S/C25H26N6O3/c1-16(17-7-8-17)27-24(32)21-13-20-22(34-21)23(30-9-11-33-12-10-30)29-25(28-20)31-15-19(14-26-31)18-5-3-2-4-6-18/h2-6,13-17H,7-12H2,1H3,(H,27,32)/t16-/m0/s1. The molecular formula is C25H26N6O3. The first kappa shape index (κ1) is 20.9. The number of nitrogens with zero attached hydrogens (tertiary/aromatic N) is 5. The van der Waals surface area contributed by atoms with Crippen molar-refractivity contribution in [2.75, 3.05) is 31.2 Å². The molecule has 1 saturated heterocycles. The highest BCUT2D eigenvalue weighted by Crippen LogP contribution is 2.33. The Morgan fingerprint density at radius 2 is 1.91 bits per heavy atom. The predicted octanol–water partition coefficient (Wildman–Crippen LogP) is 3.44. The van der Waals surface area contributed by atoms with Gasteiger partial charge in [-0.05, 0) is 31.2 Å². The van der Waals surface area contributed by atoms with Gasteiger partial charge in [-0.2, -0.15) is 10.1 Å². The molecule has 3 aromatic heterocycles. The fourth-order valence-electron chi connectivity index (χ4n) is 4.31. The van der Waals surface area contributed by atoms with Gasteiger partial charge < -0.3 is 19.4 Å². The maximum absolute atomic E-state index is 12.9. The maximum Gasteiger partial charge on any atom is 0.287 e. The molecule has 1 N–H and O–H groups in total. The Hall–Kier alpha value is -3.72. The molecule has 1 aliphatic heterocycles. The van der Waals surface area contributed by atoms with E-state index >= 15 is 0 Å². The summed E-state index contributed by atoms with van der Waals surface area (Å²) in [6.45, 7) is 4.61. The number of amides is 1. The van der Waals surface area contributed by atoms with E-state index in [4.69, 9.17) is 19.1 Å². The van der Waals surface area contributed by atoms with Crippen LogP contribution in [0.25, 0.3) is 28.2 Å². The molecule has 34 heavy (non-hydrogen) atoms. The molecule has 1 aromatic carbocycles. The van der Waals surface area contributed by atoms with Crippen molar-refractivity contribution in [1.82, 2.24) is 25.1 Å². The highest BCUT2D eigenvalue weighted by molar-refractivity contribution is 5.97. The fourth-order valence-corrected chi connectivity index (χ4v) is 4.31. The number of hydrogen-bond donors (Lipinski definition) is 1. The first-order valence-electron chi connectivity index (χ1n) is 11.7. The van der Waals surface area contributed by atoms with Crippen LogP contribution in [0.5, 0.6) is 0 Å². The fraction of sp³-hybridized carbons (Fsp3) is 0.360. The third-order valence-corrected chi connectivity index (χ3v) is 6.46. The molecule has 2 aliphatic rings. The van der Waals surface area contributed by atoms with Gasteiger partial charge in [0.05, 0.1) is 19.4 Å². The summed E-state index contributed by atoms with van der Waals surface area (Å²) in [6.07, 6.45) is 6.02. The Morgan fingerprint density at radius 3 is 2.68 bits per heavy atom. The van der Waals surface area contributed by atoms with Crippen LogP contribution in [-0.2, 0) is 4.74 Å². The number of nitrogens with one attached hydrogen (secondary N) is 1. The minimum absolute atomic E-state index is 0.126. The average Bonchev–Trinajstić information content (AvgIpc) is 3.45. The molecular weight excluding hydrogens is 432 g/mol. The Labute approximate surface area is 196 Å². The second-order valence-electron chi connectivity index (χ2n) is 8.91. The van der Waals surface area contributed by atoms with Crippen LogP contribution in [0.3, 0.4) is 0 Å². The van der Waals surface area contributed by atoms with Crippen molar-refractivity contribution in [3.63, 3.8) is 0 Å². The van der Waals surface area contributed by atoms with Crippen molar-refractivity contribution >= 4 is 22.8 Å². The number of rotatable bonds is 6. The molecule has 6 rings (SSSR count). The molecule has 1 atom stereocenters. The largest absolute Gasteiger partial charge is 0.445 e. The zero-order chi connectivity index (χ0) is 23.1. The zero-order valence-corrected chi connectivity index (χ0v) is 19.0. The van der Waals surface area contributed by atoms with Gasteiger partial charge in [0.15, 0.2) is 17.2 Å². The molecule has 174 valence electrons. The lowest BCUT2D eigenvalue weighted by Gasteiger charge is -2.27. The highest BCUT2D eigenvalue weighted by atomic mass is 16.5. The number of benzene rings is 1. The molecule has 9 heteroatoms. The van der Waals surface area contributed by atoms with E-state index in [0.717, 1.165) is 24.0 Å². The van der Waals surface area contributed by atoms with Gasteiger partial charge in [-0.15, -0.1) is 0 Å². The van der Waals surface area contributed by atoms with Crippen molar-refractivity contribution in [3.8, 4) is 17.1 Å². The summed E-state index contributed by atoms with van der Waals surface area (Å²) in [5.74, 6) is 1.65. The smallest absolute Gasteiger partial charge is 0.287 e. The maximum atomic E-state index is 12.9. The van der Waals surface area contributed by atoms with Gasteiger partial charge in [0.1, 0.15) is 5.52 Å². The van der Waals surface area contributed by atoms with Gasteiger partial charge in [0, 0.05) is 37.0 Å². The van der Waals surface area contributed by atoms with Gasteiger partial charge in [-0.3, -0.25) is 4.79 Å². The number of fused-ring (bicyclic) bond motifs is 1. The normalized spacial score (nSPS) is 17.1. The summed E-state index contributed by atoms with van der Waals surface area (Å²) in [4.78, 5) is 24.5. The molecule has 1 saturated carbocycles. The summed E-state index contributed by atoms with van der Waals surface area (Å²) >= 11 is 0. The van der Waals surface area contributed by atoms with Crippen LogP contribution in [0.4, 0.5) is 5.82 Å². The third-order valence-electron chi connectivity index (χ3n) is 6.46. The molecule has 1 aliphatic carbocycles. The van der Waals surface area contributed by atoms with Gasteiger partial charge in [0.2, 0.25) is 0 Å². The van der Waals surface area contributed by atoms with Gasteiger partial charge >= 0.3 is 0 Å². The van der Waals surface area contributed by atoms with Crippen LogP contribution in [0, 0.1) is 5.92 Å².